The molecule has 5 nitrogen and oxygen atoms in total. The van der Waals surface area contributed by atoms with Crippen LogP contribution in [0.3, 0.4) is 0 Å². The van der Waals surface area contributed by atoms with E-state index in [9.17, 15) is 9.90 Å². The number of hydrogen-bond acceptors (Lipinski definition) is 4. The van der Waals surface area contributed by atoms with Gasteiger partial charge in [-0.3, -0.25) is 9.78 Å². The van der Waals surface area contributed by atoms with Crippen molar-refractivity contribution in [3.63, 3.8) is 0 Å². The van der Waals surface area contributed by atoms with Crippen molar-refractivity contribution in [2.24, 2.45) is 0 Å². The first-order chi connectivity index (χ1) is 16.0. The second-order valence-corrected chi connectivity index (χ2v) is 8.01. The molecule has 4 rings (SSSR count). The van der Waals surface area contributed by atoms with Crippen LogP contribution in [-0.4, -0.2) is 16.0 Å². The van der Waals surface area contributed by atoms with Gasteiger partial charge in [0.05, 0.1) is 10.6 Å². The number of nitrogens with one attached hydrogen (secondary N) is 1. The molecule has 0 fully saturated rings. The molecular formula is C27H20ClN3O2. The van der Waals surface area contributed by atoms with E-state index in [1.165, 1.54) is 12.1 Å². The molecule has 0 spiro atoms. The number of aliphatic hydroxyl groups is 1. The lowest BCUT2D eigenvalue weighted by Gasteiger charge is -2.28. The molecule has 1 unspecified atom stereocenters. The van der Waals surface area contributed by atoms with E-state index in [0.29, 0.717) is 16.8 Å². The number of nitrogens with zero attached hydrogens (tertiary/aromatic N) is 2. The van der Waals surface area contributed by atoms with E-state index < -0.39 is 11.5 Å². The first-order valence-corrected chi connectivity index (χ1v) is 10.7. The second kappa shape index (κ2) is 9.66. The van der Waals surface area contributed by atoms with Crippen molar-refractivity contribution in [3.8, 4) is 17.2 Å². The zero-order valence-corrected chi connectivity index (χ0v) is 18.3. The highest BCUT2D eigenvalue weighted by molar-refractivity contribution is 6.32. The summed E-state index contributed by atoms with van der Waals surface area (Å²) in [6.45, 7) is 0. The summed E-state index contributed by atoms with van der Waals surface area (Å²) in [5.41, 5.74) is 2.12. The molecule has 0 radical (unpaired) electrons. The summed E-state index contributed by atoms with van der Waals surface area (Å²) in [5, 5.41) is 23.6. The van der Waals surface area contributed by atoms with Crippen LogP contribution in [0.15, 0.2) is 97.3 Å². The Balaban J connectivity index is 1.63. The zero-order valence-electron chi connectivity index (χ0n) is 17.6. The molecule has 0 saturated heterocycles. The number of hydrogen-bond donors (Lipinski definition) is 2. The Bertz CT molecular complexity index is 1300. The van der Waals surface area contributed by atoms with Gasteiger partial charge in [0.15, 0.2) is 5.60 Å². The third-order valence-electron chi connectivity index (χ3n) is 5.38. The van der Waals surface area contributed by atoms with Crippen molar-refractivity contribution in [2.45, 2.75) is 12.0 Å². The van der Waals surface area contributed by atoms with Crippen LogP contribution >= 0.6 is 11.6 Å². The van der Waals surface area contributed by atoms with Gasteiger partial charge < -0.3 is 10.4 Å². The van der Waals surface area contributed by atoms with E-state index in [1.807, 2.05) is 48.5 Å². The first-order valence-electron chi connectivity index (χ1n) is 10.3. The number of anilines is 1. The summed E-state index contributed by atoms with van der Waals surface area (Å²) >= 11 is 6.10. The molecular weight excluding hydrogens is 434 g/mol. The number of carbonyl (C=O) groups excluding carboxylic acids is 1. The van der Waals surface area contributed by atoms with E-state index in [0.717, 1.165) is 16.7 Å². The maximum atomic E-state index is 13.3. The number of halogens is 1. The van der Waals surface area contributed by atoms with Crippen molar-refractivity contribution in [3.05, 3.63) is 119 Å². The molecule has 1 amide bonds. The second-order valence-electron chi connectivity index (χ2n) is 7.60. The number of benzene rings is 3. The molecule has 6 heteroatoms. The number of aromatic nitrogens is 1. The van der Waals surface area contributed by atoms with Gasteiger partial charge in [0.1, 0.15) is 6.07 Å². The normalized spacial score (nSPS) is 12.4. The molecule has 33 heavy (non-hydrogen) atoms. The number of pyridine rings is 1. The Kier molecular flexibility index (Phi) is 6.50. The molecule has 1 heterocycles. The lowest BCUT2D eigenvalue weighted by molar-refractivity contribution is -0.135. The molecule has 1 aromatic heterocycles. The number of nitriles is 1. The monoisotopic (exact) mass is 453 g/mol. The smallest absolute Gasteiger partial charge is 0.261 e. The maximum absolute atomic E-state index is 13.3. The van der Waals surface area contributed by atoms with E-state index in [4.69, 9.17) is 16.9 Å². The lowest BCUT2D eigenvalue weighted by Crippen LogP contribution is -2.42. The fourth-order valence-electron chi connectivity index (χ4n) is 3.59. The Morgan fingerprint density at radius 2 is 1.76 bits per heavy atom. The average Bonchev–Trinajstić information content (AvgIpc) is 2.85. The fourth-order valence-corrected chi connectivity index (χ4v) is 3.81. The van der Waals surface area contributed by atoms with Crippen LogP contribution in [0.5, 0.6) is 0 Å². The molecule has 2 N–H and O–H groups in total. The van der Waals surface area contributed by atoms with Gasteiger partial charge in [0, 0.05) is 24.5 Å². The fraction of sp³-hybridized carbons (Fsp3) is 0.0741. The molecule has 162 valence electrons. The van der Waals surface area contributed by atoms with Crippen LogP contribution in [0.1, 0.15) is 16.7 Å². The summed E-state index contributed by atoms with van der Waals surface area (Å²) in [5.74, 6) is -0.592. The van der Waals surface area contributed by atoms with E-state index in [2.05, 4.69) is 10.3 Å². The van der Waals surface area contributed by atoms with Gasteiger partial charge in [0.25, 0.3) is 5.91 Å². The highest BCUT2D eigenvalue weighted by Gasteiger charge is 2.38. The molecule has 1 atom stereocenters. The molecule has 0 bridgehead atoms. The van der Waals surface area contributed by atoms with Gasteiger partial charge in [-0.2, -0.15) is 5.26 Å². The molecule has 4 aromatic rings. The van der Waals surface area contributed by atoms with Crippen molar-refractivity contribution in [1.82, 2.24) is 4.98 Å². The third-order valence-corrected chi connectivity index (χ3v) is 5.70. The van der Waals surface area contributed by atoms with Gasteiger partial charge in [-0.25, -0.2) is 0 Å². The minimum Gasteiger partial charge on any atom is -0.375 e. The van der Waals surface area contributed by atoms with Gasteiger partial charge >= 0.3 is 0 Å². The van der Waals surface area contributed by atoms with Crippen LogP contribution in [-0.2, 0) is 16.8 Å². The van der Waals surface area contributed by atoms with Gasteiger partial charge in [-0.1, -0.05) is 72.3 Å². The van der Waals surface area contributed by atoms with Crippen LogP contribution in [0, 0.1) is 11.3 Å². The largest absolute Gasteiger partial charge is 0.375 e. The predicted octanol–water partition coefficient (Wildman–Crippen LogP) is 5.34. The number of carbonyl (C=O) groups is 1. The Morgan fingerprint density at radius 1 is 1.00 bits per heavy atom. The molecule has 0 aliphatic rings. The maximum Gasteiger partial charge on any atom is 0.261 e. The van der Waals surface area contributed by atoms with Crippen molar-refractivity contribution < 1.29 is 9.90 Å². The van der Waals surface area contributed by atoms with Crippen molar-refractivity contribution in [2.75, 3.05) is 5.32 Å². The minimum absolute atomic E-state index is 0.0696. The standard InChI is InChI=1S/C27H20ClN3O2/c28-25-15-24(13-12-21(25)17-29)31-26(32)27(33,23-6-2-1-3-7-23)16-19-8-10-20(11-9-19)22-5-4-14-30-18-22/h1-15,18,33H,16H2,(H,31,32). The molecule has 0 saturated carbocycles. The topological polar surface area (TPSA) is 86.0 Å². The highest BCUT2D eigenvalue weighted by Crippen LogP contribution is 2.30. The zero-order chi connectivity index (χ0) is 23.3. The number of rotatable bonds is 6. The van der Waals surface area contributed by atoms with Crippen molar-refractivity contribution >= 4 is 23.2 Å². The van der Waals surface area contributed by atoms with Crippen LogP contribution in [0.2, 0.25) is 5.02 Å². The van der Waals surface area contributed by atoms with Crippen molar-refractivity contribution in [1.29, 1.82) is 5.26 Å². The Hall–Kier alpha value is -3.98. The minimum atomic E-state index is -1.82. The van der Waals surface area contributed by atoms with E-state index in [1.54, 1.807) is 42.7 Å². The SMILES string of the molecule is N#Cc1ccc(NC(=O)C(O)(Cc2ccc(-c3cccnc3)cc2)c2ccccc2)cc1Cl. The molecule has 0 aliphatic carbocycles. The van der Waals surface area contributed by atoms with E-state index >= 15 is 0 Å². The van der Waals surface area contributed by atoms with Crippen LogP contribution in [0.4, 0.5) is 5.69 Å². The molecule has 3 aromatic carbocycles. The predicted molar refractivity (Wildman–Crippen MR) is 129 cm³/mol. The van der Waals surface area contributed by atoms with Gasteiger partial charge in [-0.15, -0.1) is 0 Å². The highest BCUT2D eigenvalue weighted by atomic mass is 35.5. The van der Waals surface area contributed by atoms with E-state index in [-0.39, 0.29) is 11.4 Å². The lowest BCUT2D eigenvalue weighted by atomic mass is 9.86. The summed E-state index contributed by atoms with van der Waals surface area (Å²) in [4.78, 5) is 17.5. The van der Waals surface area contributed by atoms with Crippen LogP contribution in [0.25, 0.3) is 11.1 Å². The summed E-state index contributed by atoms with van der Waals surface area (Å²) in [6.07, 6.45) is 3.57. The summed E-state index contributed by atoms with van der Waals surface area (Å²) in [6, 6.07) is 26.9. The van der Waals surface area contributed by atoms with Crippen LogP contribution < -0.4 is 5.32 Å². The first kappa shape index (κ1) is 22.2. The molecule has 0 aliphatic heterocycles. The summed E-state index contributed by atoms with van der Waals surface area (Å²) < 4.78 is 0. The van der Waals surface area contributed by atoms with Gasteiger partial charge in [-0.05, 0) is 46.5 Å². The quantitative estimate of drug-likeness (QED) is 0.412. The third kappa shape index (κ3) is 4.93. The Labute approximate surface area is 196 Å². The Morgan fingerprint density at radius 3 is 2.39 bits per heavy atom. The van der Waals surface area contributed by atoms with Gasteiger partial charge in [0.2, 0.25) is 0 Å². The summed E-state index contributed by atoms with van der Waals surface area (Å²) in [7, 11) is 0. The average molecular weight is 454 g/mol. The number of amides is 1.